The van der Waals surface area contributed by atoms with Gasteiger partial charge in [0.1, 0.15) is 5.76 Å². The lowest BCUT2D eigenvalue weighted by atomic mass is 10.2. The molecule has 3 aromatic rings. The van der Waals surface area contributed by atoms with E-state index in [1.807, 2.05) is 22.8 Å². The molecule has 10 heteroatoms. The second-order valence-corrected chi connectivity index (χ2v) is 6.77. The SMILES string of the molecule is CNC(=O)NC(=O)CSc1nnc(-c2ccc(Cl)cc2)n1Cc1ccco1. The van der Waals surface area contributed by atoms with E-state index in [9.17, 15) is 9.59 Å². The average molecular weight is 406 g/mol. The van der Waals surface area contributed by atoms with Gasteiger partial charge in [-0.2, -0.15) is 0 Å². The van der Waals surface area contributed by atoms with Gasteiger partial charge in [0.05, 0.1) is 18.6 Å². The summed E-state index contributed by atoms with van der Waals surface area (Å²) in [5.41, 5.74) is 0.833. The number of hydrogen-bond acceptors (Lipinski definition) is 6. The van der Waals surface area contributed by atoms with Crippen LogP contribution in [0.5, 0.6) is 0 Å². The van der Waals surface area contributed by atoms with Gasteiger partial charge in [-0.3, -0.25) is 14.7 Å². The van der Waals surface area contributed by atoms with Crippen LogP contribution in [0.25, 0.3) is 11.4 Å². The number of nitrogens with zero attached hydrogens (tertiary/aromatic N) is 3. The number of aromatic nitrogens is 3. The van der Waals surface area contributed by atoms with Gasteiger partial charge in [-0.05, 0) is 36.4 Å². The van der Waals surface area contributed by atoms with Gasteiger partial charge in [-0.25, -0.2) is 4.79 Å². The van der Waals surface area contributed by atoms with E-state index in [4.69, 9.17) is 16.0 Å². The Balaban J connectivity index is 1.83. The minimum Gasteiger partial charge on any atom is -0.467 e. The molecule has 2 N–H and O–H groups in total. The number of amides is 3. The molecular weight excluding hydrogens is 390 g/mol. The molecule has 0 bridgehead atoms. The standard InChI is InChI=1S/C17H16ClN5O3S/c1-19-16(25)20-14(24)10-27-17-22-21-15(11-4-6-12(18)7-5-11)23(17)9-13-3-2-8-26-13/h2-8H,9-10H2,1H3,(H2,19,20,24,25). The summed E-state index contributed by atoms with van der Waals surface area (Å²) >= 11 is 7.14. The third kappa shape index (κ3) is 4.89. The Bertz CT molecular complexity index is 925. The van der Waals surface area contributed by atoms with Crippen molar-refractivity contribution in [2.45, 2.75) is 11.7 Å². The number of furan rings is 1. The van der Waals surface area contributed by atoms with E-state index in [1.165, 1.54) is 18.8 Å². The molecule has 0 aliphatic heterocycles. The molecule has 140 valence electrons. The summed E-state index contributed by atoms with van der Waals surface area (Å²) in [6.07, 6.45) is 1.59. The number of imide groups is 1. The van der Waals surface area contributed by atoms with Crippen molar-refractivity contribution in [1.82, 2.24) is 25.4 Å². The van der Waals surface area contributed by atoms with Crippen LogP contribution in [-0.2, 0) is 11.3 Å². The molecule has 0 spiro atoms. The van der Waals surface area contributed by atoms with Crippen molar-refractivity contribution < 1.29 is 14.0 Å². The molecule has 0 saturated heterocycles. The summed E-state index contributed by atoms with van der Waals surface area (Å²) in [5.74, 6) is 0.934. The predicted molar refractivity (Wildman–Crippen MR) is 102 cm³/mol. The zero-order valence-electron chi connectivity index (χ0n) is 14.3. The van der Waals surface area contributed by atoms with Crippen molar-refractivity contribution in [1.29, 1.82) is 0 Å². The van der Waals surface area contributed by atoms with Crippen LogP contribution in [0.15, 0.2) is 52.2 Å². The summed E-state index contributed by atoms with van der Waals surface area (Å²) in [6.45, 7) is 0.400. The molecule has 8 nitrogen and oxygen atoms in total. The molecule has 2 heterocycles. The molecule has 0 unspecified atom stereocenters. The highest BCUT2D eigenvalue weighted by Gasteiger charge is 2.17. The average Bonchev–Trinajstić information content (AvgIpc) is 3.31. The first-order valence-electron chi connectivity index (χ1n) is 7.92. The van der Waals surface area contributed by atoms with E-state index >= 15 is 0 Å². The van der Waals surface area contributed by atoms with Gasteiger partial charge in [0.15, 0.2) is 11.0 Å². The fraction of sp³-hybridized carbons (Fsp3) is 0.176. The summed E-state index contributed by atoms with van der Waals surface area (Å²) in [6, 6.07) is 10.3. The lowest BCUT2D eigenvalue weighted by Gasteiger charge is -2.09. The van der Waals surface area contributed by atoms with Crippen molar-refractivity contribution in [2.75, 3.05) is 12.8 Å². The fourth-order valence-electron chi connectivity index (χ4n) is 2.26. The predicted octanol–water partition coefficient (Wildman–Crippen LogP) is 2.79. The van der Waals surface area contributed by atoms with Crippen LogP contribution in [0, 0.1) is 0 Å². The quantitative estimate of drug-likeness (QED) is 0.611. The highest BCUT2D eigenvalue weighted by Crippen LogP contribution is 2.26. The van der Waals surface area contributed by atoms with Crippen LogP contribution < -0.4 is 10.6 Å². The first kappa shape index (κ1) is 19.0. The monoisotopic (exact) mass is 405 g/mol. The Morgan fingerprint density at radius 2 is 2.00 bits per heavy atom. The first-order chi connectivity index (χ1) is 13.1. The maximum atomic E-state index is 11.8. The van der Waals surface area contributed by atoms with Gasteiger partial charge in [-0.15, -0.1) is 10.2 Å². The zero-order chi connectivity index (χ0) is 19.2. The van der Waals surface area contributed by atoms with Crippen molar-refractivity contribution in [3.63, 3.8) is 0 Å². The van der Waals surface area contributed by atoms with Crippen LogP contribution in [0.2, 0.25) is 5.02 Å². The molecule has 0 atom stereocenters. The minimum absolute atomic E-state index is 0.0182. The molecular formula is C17H16ClN5O3S. The van der Waals surface area contributed by atoms with E-state index in [1.54, 1.807) is 24.5 Å². The first-order valence-corrected chi connectivity index (χ1v) is 9.29. The van der Waals surface area contributed by atoms with Crippen LogP contribution in [0.4, 0.5) is 4.79 Å². The van der Waals surface area contributed by atoms with E-state index < -0.39 is 11.9 Å². The molecule has 0 radical (unpaired) electrons. The smallest absolute Gasteiger partial charge is 0.321 e. The largest absolute Gasteiger partial charge is 0.467 e. The Labute approximate surface area is 164 Å². The van der Waals surface area contributed by atoms with Crippen LogP contribution in [0.3, 0.4) is 0 Å². The number of nitrogens with one attached hydrogen (secondary N) is 2. The summed E-state index contributed by atoms with van der Waals surface area (Å²) in [4.78, 5) is 23.1. The molecule has 0 aliphatic carbocycles. The number of carbonyl (C=O) groups is 2. The number of halogens is 1. The number of carbonyl (C=O) groups excluding carboxylic acids is 2. The van der Waals surface area contributed by atoms with Gasteiger partial charge < -0.3 is 9.73 Å². The second kappa shape index (κ2) is 8.74. The van der Waals surface area contributed by atoms with E-state index in [2.05, 4.69) is 20.8 Å². The number of urea groups is 1. The lowest BCUT2D eigenvalue weighted by Crippen LogP contribution is -2.38. The third-order valence-electron chi connectivity index (χ3n) is 3.53. The van der Waals surface area contributed by atoms with Crippen molar-refractivity contribution >= 4 is 35.3 Å². The van der Waals surface area contributed by atoms with Gasteiger partial charge in [0.25, 0.3) is 0 Å². The van der Waals surface area contributed by atoms with Gasteiger partial charge in [0, 0.05) is 17.6 Å². The van der Waals surface area contributed by atoms with Gasteiger partial charge in [-0.1, -0.05) is 23.4 Å². The lowest BCUT2D eigenvalue weighted by molar-refractivity contribution is -0.117. The van der Waals surface area contributed by atoms with Crippen molar-refractivity contribution in [3.8, 4) is 11.4 Å². The topological polar surface area (TPSA) is 102 Å². The van der Waals surface area contributed by atoms with E-state index in [0.717, 1.165) is 11.3 Å². The molecule has 0 fully saturated rings. The third-order valence-corrected chi connectivity index (χ3v) is 4.74. The van der Waals surface area contributed by atoms with Crippen LogP contribution in [0.1, 0.15) is 5.76 Å². The summed E-state index contributed by atoms with van der Waals surface area (Å²) in [7, 11) is 1.44. The van der Waals surface area contributed by atoms with Crippen molar-refractivity contribution in [3.05, 3.63) is 53.4 Å². The van der Waals surface area contributed by atoms with Crippen LogP contribution >= 0.6 is 23.4 Å². The van der Waals surface area contributed by atoms with Crippen LogP contribution in [-0.4, -0.2) is 39.5 Å². The molecule has 1 aromatic carbocycles. The summed E-state index contributed by atoms with van der Waals surface area (Å²) < 4.78 is 7.27. The minimum atomic E-state index is -0.556. The maximum Gasteiger partial charge on any atom is 0.321 e. The maximum absolute atomic E-state index is 11.8. The van der Waals surface area contributed by atoms with Gasteiger partial charge >= 0.3 is 6.03 Å². The fourth-order valence-corrected chi connectivity index (χ4v) is 3.13. The number of benzene rings is 1. The number of hydrogen-bond donors (Lipinski definition) is 2. The second-order valence-electron chi connectivity index (χ2n) is 5.39. The molecule has 27 heavy (non-hydrogen) atoms. The van der Waals surface area contributed by atoms with Gasteiger partial charge in [0.2, 0.25) is 5.91 Å². The normalized spacial score (nSPS) is 10.6. The Kier molecular flexibility index (Phi) is 6.15. The Morgan fingerprint density at radius 1 is 1.22 bits per heavy atom. The van der Waals surface area contributed by atoms with Crippen molar-refractivity contribution in [2.24, 2.45) is 0 Å². The molecule has 2 aromatic heterocycles. The number of rotatable bonds is 6. The van der Waals surface area contributed by atoms with E-state index in [-0.39, 0.29) is 5.75 Å². The Hall–Kier alpha value is -2.78. The molecule has 3 amide bonds. The highest BCUT2D eigenvalue weighted by atomic mass is 35.5. The molecule has 0 saturated carbocycles. The molecule has 3 rings (SSSR count). The molecule has 0 aliphatic rings. The highest BCUT2D eigenvalue weighted by molar-refractivity contribution is 7.99. The number of thioether (sulfide) groups is 1. The summed E-state index contributed by atoms with van der Waals surface area (Å²) in [5, 5.41) is 14.1. The Morgan fingerprint density at radius 3 is 2.67 bits per heavy atom. The van der Waals surface area contributed by atoms with E-state index in [0.29, 0.717) is 22.5 Å². The zero-order valence-corrected chi connectivity index (χ0v) is 15.9.